The standard InChI is InChI=1S/C21H22N6O3/c22-13-15-5-6-19(24-14-15)26-10-7-16(8-11-26)25-20(28)23-9-12-27-17-3-1-2-4-18(17)30-21(27)29/h1-6,14,16H,7-12H2,(H2,23,25,28). The van der Waals surface area contributed by atoms with Crippen LogP contribution in [-0.2, 0) is 6.54 Å². The maximum absolute atomic E-state index is 12.2. The maximum Gasteiger partial charge on any atom is 0.420 e. The van der Waals surface area contributed by atoms with E-state index in [0.717, 1.165) is 31.7 Å². The van der Waals surface area contributed by atoms with Gasteiger partial charge in [-0.1, -0.05) is 12.1 Å². The lowest BCUT2D eigenvalue weighted by Crippen LogP contribution is -2.48. The van der Waals surface area contributed by atoms with Crippen molar-refractivity contribution in [3.05, 3.63) is 58.7 Å². The number of fused-ring (bicyclic) bond motifs is 1. The van der Waals surface area contributed by atoms with Crippen molar-refractivity contribution in [1.82, 2.24) is 20.2 Å². The van der Waals surface area contributed by atoms with Crippen molar-refractivity contribution in [2.45, 2.75) is 25.4 Å². The fourth-order valence-electron chi connectivity index (χ4n) is 3.64. The molecule has 2 aromatic heterocycles. The summed E-state index contributed by atoms with van der Waals surface area (Å²) in [6.45, 7) is 2.22. The number of hydrogen-bond acceptors (Lipinski definition) is 6. The first-order chi connectivity index (χ1) is 14.6. The molecule has 30 heavy (non-hydrogen) atoms. The number of para-hydroxylation sites is 2. The van der Waals surface area contributed by atoms with Gasteiger partial charge in [0.15, 0.2) is 5.58 Å². The molecule has 4 rings (SSSR count). The number of oxazole rings is 1. The summed E-state index contributed by atoms with van der Waals surface area (Å²) in [7, 11) is 0. The molecule has 0 spiro atoms. The van der Waals surface area contributed by atoms with Crippen molar-refractivity contribution < 1.29 is 9.21 Å². The summed E-state index contributed by atoms with van der Waals surface area (Å²) in [6.07, 6.45) is 3.18. The van der Waals surface area contributed by atoms with Crippen molar-refractivity contribution in [3.63, 3.8) is 0 Å². The fourth-order valence-corrected chi connectivity index (χ4v) is 3.64. The van der Waals surface area contributed by atoms with Crippen LogP contribution in [0.3, 0.4) is 0 Å². The van der Waals surface area contributed by atoms with Crippen LogP contribution in [0.1, 0.15) is 18.4 Å². The lowest BCUT2D eigenvalue weighted by Gasteiger charge is -2.33. The van der Waals surface area contributed by atoms with E-state index >= 15 is 0 Å². The summed E-state index contributed by atoms with van der Waals surface area (Å²) in [5, 5.41) is 14.7. The third-order valence-corrected chi connectivity index (χ3v) is 5.23. The summed E-state index contributed by atoms with van der Waals surface area (Å²) >= 11 is 0. The van der Waals surface area contributed by atoms with Gasteiger partial charge in [-0.25, -0.2) is 14.6 Å². The van der Waals surface area contributed by atoms with E-state index < -0.39 is 5.76 Å². The molecule has 9 heteroatoms. The Morgan fingerprint density at radius 1 is 1.23 bits per heavy atom. The predicted octanol–water partition coefficient (Wildman–Crippen LogP) is 1.83. The van der Waals surface area contributed by atoms with Gasteiger partial charge in [0.05, 0.1) is 11.1 Å². The number of rotatable bonds is 5. The molecule has 0 saturated carbocycles. The Balaban J connectivity index is 1.23. The maximum atomic E-state index is 12.2. The second-order valence-corrected chi connectivity index (χ2v) is 7.17. The number of nitrogens with zero attached hydrogens (tertiary/aromatic N) is 4. The summed E-state index contributed by atoms with van der Waals surface area (Å²) in [6, 6.07) is 12.7. The zero-order valence-electron chi connectivity index (χ0n) is 16.4. The molecule has 154 valence electrons. The molecule has 1 saturated heterocycles. The third kappa shape index (κ3) is 4.27. The van der Waals surface area contributed by atoms with Crippen LogP contribution >= 0.6 is 0 Å². The highest BCUT2D eigenvalue weighted by Gasteiger charge is 2.21. The van der Waals surface area contributed by atoms with Gasteiger partial charge < -0.3 is 20.0 Å². The SMILES string of the molecule is N#Cc1ccc(N2CCC(NC(=O)NCCn3c(=O)oc4ccccc43)CC2)nc1. The first kappa shape index (κ1) is 19.5. The van der Waals surface area contributed by atoms with E-state index in [0.29, 0.717) is 29.8 Å². The molecule has 3 heterocycles. The Morgan fingerprint density at radius 3 is 2.77 bits per heavy atom. The number of carbonyl (C=O) groups excluding carboxylic acids is 1. The van der Waals surface area contributed by atoms with Crippen LogP contribution in [0.4, 0.5) is 10.6 Å². The average molecular weight is 406 g/mol. The van der Waals surface area contributed by atoms with E-state index in [1.54, 1.807) is 18.3 Å². The number of urea groups is 1. The molecule has 1 aromatic carbocycles. The lowest BCUT2D eigenvalue weighted by molar-refractivity contribution is 0.234. The van der Waals surface area contributed by atoms with E-state index in [2.05, 4.69) is 26.6 Å². The van der Waals surface area contributed by atoms with Gasteiger partial charge in [0.2, 0.25) is 0 Å². The van der Waals surface area contributed by atoms with E-state index in [1.807, 2.05) is 24.3 Å². The Labute approximate surface area is 172 Å². The molecule has 0 radical (unpaired) electrons. The number of amides is 2. The molecule has 2 amide bonds. The van der Waals surface area contributed by atoms with Gasteiger partial charge in [0, 0.05) is 38.4 Å². The average Bonchev–Trinajstić information content (AvgIpc) is 3.09. The number of nitrogens with one attached hydrogen (secondary N) is 2. The van der Waals surface area contributed by atoms with Gasteiger partial charge in [0.1, 0.15) is 11.9 Å². The summed E-state index contributed by atoms with van der Waals surface area (Å²) < 4.78 is 6.70. The molecule has 1 fully saturated rings. The molecule has 1 aliphatic heterocycles. The Kier molecular flexibility index (Phi) is 5.66. The van der Waals surface area contributed by atoms with Gasteiger partial charge in [-0.05, 0) is 37.1 Å². The van der Waals surface area contributed by atoms with E-state index in [9.17, 15) is 9.59 Å². The molecule has 9 nitrogen and oxygen atoms in total. The van der Waals surface area contributed by atoms with Crippen LogP contribution in [-0.4, -0.2) is 41.3 Å². The van der Waals surface area contributed by atoms with Gasteiger partial charge in [-0.2, -0.15) is 5.26 Å². The van der Waals surface area contributed by atoms with E-state index in [1.165, 1.54) is 4.57 Å². The smallest absolute Gasteiger partial charge is 0.408 e. The van der Waals surface area contributed by atoms with E-state index in [4.69, 9.17) is 9.68 Å². The van der Waals surface area contributed by atoms with Crippen LogP contribution in [0.15, 0.2) is 51.8 Å². The molecule has 0 unspecified atom stereocenters. The predicted molar refractivity (Wildman–Crippen MR) is 111 cm³/mol. The zero-order valence-corrected chi connectivity index (χ0v) is 16.4. The summed E-state index contributed by atoms with van der Waals surface area (Å²) in [4.78, 5) is 30.6. The highest BCUT2D eigenvalue weighted by Crippen LogP contribution is 2.18. The van der Waals surface area contributed by atoms with Crippen LogP contribution in [0, 0.1) is 11.3 Å². The normalized spacial score (nSPS) is 14.4. The van der Waals surface area contributed by atoms with Crippen molar-refractivity contribution in [2.24, 2.45) is 0 Å². The van der Waals surface area contributed by atoms with Crippen molar-refractivity contribution >= 4 is 22.9 Å². The number of nitriles is 1. The monoisotopic (exact) mass is 406 g/mol. The Morgan fingerprint density at radius 2 is 2.03 bits per heavy atom. The molecule has 1 aliphatic rings. The summed E-state index contributed by atoms with van der Waals surface area (Å²) in [5.41, 5.74) is 1.79. The Hall–Kier alpha value is -3.80. The van der Waals surface area contributed by atoms with Crippen molar-refractivity contribution in [1.29, 1.82) is 5.26 Å². The largest absolute Gasteiger partial charge is 0.420 e. The first-order valence-electron chi connectivity index (χ1n) is 9.88. The number of benzene rings is 1. The fraction of sp³-hybridized carbons (Fsp3) is 0.333. The number of carbonyl (C=O) groups is 1. The van der Waals surface area contributed by atoms with Gasteiger partial charge in [-0.3, -0.25) is 4.57 Å². The quantitative estimate of drug-likeness (QED) is 0.668. The number of anilines is 1. The second kappa shape index (κ2) is 8.69. The molecular formula is C21H22N6O3. The highest BCUT2D eigenvalue weighted by molar-refractivity contribution is 5.74. The lowest BCUT2D eigenvalue weighted by atomic mass is 10.1. The molecule has 0 aliphatic carbocycles. The van der Waals surface area contributed by atoms with Crippen LogP contribution in [0.25, 0.3) is 11.1 Å². The second-order valence-electron chi connectivity index (χ2n) is 7.17. The van der Waals surface area contributed by atoms with Crippen molar-refractivity contribution in [2.75, 3.05) is 24.5 Å². The number of aromatic nitrogens is 2. The van der Waals surface area contributed by atoms with Crippen LogP contribution in [0.2, 0.25) is 0 Å². The molecule has 0 bridgehead atoms. The number of pyridine rings is 1. The minimum atomic E-state index is -0.429. The molecular weight excluding hydrogens is 384 g/mol. The third-order valence-electron chi connectivity index (χ3n) is 5.23. The number of hydrogen-bond donors (Lipinski definition) is 2. The Bertz CT molecular complexity index is 1120. The molecule has 2 N–H and O–H groups in total. The highest BCUT2D eigenvalue weighted by atomic mass is 16.4. The topological polar surface area (TPSA) is 116 Å². The van der Waals surface area contributed by atoms with Crippen molar-refractivity contribution in [3.8, 4) is 6.07 Å². The summed E-state index contributed by atoms with van der Waals surface area (Å²) in [5.74, 6) is 0.414. The first-order valence-corrected chi connectivity index (χ1v) is 9.88. The zero-order chi connectivity index (χ0) is 20.9. The van der Waals surface area contributed by atoms with Gasteiger partial charge in [0.25, 0.3) is 0 Å². The van der Waals surface area contributed by atoms with Crippen LogP contribution in [0.5, 0.6) is 0 Å². The minimum Gasteiger partial charge on any atom is -0.408 e. The van der Waals surface area contributed by atoms with Gasteiger partial charge in [-0.15, -0.1) is 0 Å². The molecule has 3 aromatic rings. The number of piperidine rings is 1. The van der Waals surface area contributed by atoms with Crippen LogP contribution < -0.4 is 21.3 Å². The van der Waals surface area contributed by atoms with E-state index in [-0.39, 0.29) is 12.1 Å². The molecule has 0 atom stereocenters. The van der Waals surface area contributed by atoms with Gasteiger partial charge >= 0.3 is 11.8 Å². The minimum absolute atomic E-state index is 0.0807.